The summed E-state index contributed by atoms with van der Waals surface area (Å²) in [4.78, 5) is 12.5. The van der Waals surface area contributed by atoms with E-state index in [-0.39, 0.29) is 5.78 Å². The van der Waals surface area contributed by atoms with Crippen LogP contribution in [0.25, 0.3) is 0 Å². The first kappa shape index (κ1) is 13.9. The van der Waals surface area contributed by atoms with Crippen LogP contribution in [0, 0.1) is 0 Å². The van der Waals surface area contributed by atoms with Gasteiger partial charge in [0.1, 0.15) is 11.5 Å². The molecule has 104 valence electrons. The van der Waals surface area contributed by atoms with Gasteiger partial charge < -0.3 is 15.2 Å². The second-order valence-electron chi connectivity index (χ2n) is 4.25. The monoisotopic (exact) mass is 271 g/mol. The summed E-state index contributed by atoms with van der Waals surface area (Å²) in [5, 5.41) is 0. The SMILES string of the molecule is CCOc1ccc(OC)c(C(=O)c2ccc(N)cc2)c1. The number of benzene rings is 2. The Morgan fingerprint density at radius 3 is 2.45 bits per heavy atom. The zero-order chi connectivity index (χ0) is 14.5. The number of nitrogen functional groups attached to an aromatic ring is 1. The molecule has 0 bridgehead atoms. The van der Waals surface area contributed by atoms with E-state index in [4.69, 9.17) is 15.2 Å². The predicted molar refractivity (Wildman–Crippen MR) is 78.4 cm³/mol. The second kappa shape index (κ2) is 6.10. The van der Waals surface area contributed by atoms with Crippen molar-refractivity contribution in [3.63, 3.8) is 0 Å². The van der Waals surface area contributed by atoms with Crippen LogP contribution >= 0.6 is 0 Å². The van der Waals surface area contributed by atoms with Gasteiger partial charge in [0.2, 0.25) is 0 Å². The molecule has 0 aliphatic rings. The fraction of sp³-hybridized carbons (Fsp3) is 0.188. The molecule has 0 fully saturated rings. The Labute approximate surface area is 118 Å². The van der Waals surface area contributed by atoms with Gasteiger partial charge in [-0.05, 0) is 49.4 Å². The van der Waals surface area contributed by atoms with E-state index in [0.29, 0.717) is 34.9 Å². The van der Waals surface area contributed by atoms with Crippen LogP contribution in [-0.2, 0) is 0 Å². The minimum absolute atomic E-state index is 0.122. The van der Waals surface area contributed by atoms with Crippen LogP contribution in [0.15, 0.2) is 42.5 Å². The summed E-state index contributed by atoms with van der Waals surface area (Å²) < 4.78 is 10.7. The summed E-state index contributed by atoms with van der Waals surface area (Å²) in [7, 11) is 1.54. The molecule has 0 spiro atoms. The molecule has 4 heteroatoms. The van der Waals surface area contributed by atoms with Gasteiger partial charge in [-0.1, -0.05) is 0 Å². The minimum Gasteiger partial charge on any atom is -0.496 e. The largest absolute Gasteiger partial charge is 0.496 e. The van der Waals surface area contributed by atoms with Gasteiger partial charge in [0.25, 0.3) is 0 Å². The molecule has 2 aromatic rings. The average Bonchev–Trinajstić information content (AvgIpc) is 2.47. The average molecular weight is 271 g/mol. The number of carbonyl (C=O) groups excluding carboxylic acids is 1. The van der Waals surface area contributed by atoms with E-state index in [1.54, 1.807) is 42.5 Å². The maximum atomic E-state index is 12.5. The molecule has 0 atom stereocenters. The summed E-state index contributed by atoms with van der Waals surface area (Å²) in [6.07, 6.45) is 0. The van der Waals surface area contributed by atoms with Crippen molar-refractivity contribution in [3.8, 4) is 11.5 Å². The third kappa shape index (κ3) is 2.91. The van der Waals surface area contributed by atoms with Crippen molar-refractivity contribution >= 4 is 11.5 Å². The lowest BCUT2D eigenvalue weighted by molar-refractivity contribution is 0.103. The first-order chi connectivity index (χ1) is 9.65. The zero-order valence-electron chi connectivity index (χ0n) is 11.6. The smallest absolute Gasteiger partial charge is 0.196 e. The molecule has 0 aliphatic heterocycles. The quantitative estimate of drug-likeness (QED) is 0.671. The van der Waals surface area contributed by atoms with Crippen molar-refractivity contribution in [1.82, 2.24) is 0 Å². The third-order valence-corrected chi connectivity index (χ3v) is 2.90. The van der Waals surface area contributed by atoms with E-state index in [9.17, 15) is 4.79 Å². The van der Waals surface area contributed by atoms with Crippen LogP contribution in [0.4, 0.5) is 5.69 Å². The van der Waals surface area contributed by atoms with Gasteiger partial charge in [0, 0.05) is 11.3 Å². The highest BCUT2D eigenvalue weighted by atomic mass is 16.5. The highest BCUT2D eigenvalue weighted by molar-refractivity contribution is 6.11. The second-order valence-corrected chi connectivity index (χ2v) is 4.25. The first-order valence-electron chi connectivity index (χ1n) is 6.36. The lowest BCUT2D eigenvalue weighted by Gasteiger charge is -2.10. The third-order valence-electron chi connectivity index (χ3n) is 2.90. The number of carbonyl (C=O) groups is 1. The zero-order valence-corrected chi connectivity index (χ0v) is 11.6. The first-order valence-corrected chi connectivity index (χ1v) is 6.36. The molecule has 0 unspecified atom stereocenters. The number of methoxy groups -OCH3 is 1. The summed E-state index contributed by atoms with van der Waals surface area (Å²) in [6, 6.07) is 12.0. The predicted octanol–water partition coefficient (Wildman–Crippen LogP) is 2.91. The number of anilines is 1. The van der Waals surface area contributed by atoms with Crippen molar-refractivity contribution in [2.45, 2.75) is 6.92 Å². The number of ketones is 1. The van der Waals surface area contributed by atoms with Crippen molar-refractivity contribution in [2.75, 3.05) is 19.5 Å². The standard InChI is InChI=1S/C16H17NO3/c1-3-20-13-8-9-15(19-2)14(10-13)16(18)11-4-6-12(17)7-5-11/h4-10H,3,17H2,1-2H3. The Bertz CT molecular complexity index is 606. The van der Waals surface area contributed by atoms with Crippen molar-refractivity contribution in [3.05, 3.63) is 53.6 Å². The van der Waals surface area contributed by atoms with Crippen molar-refractivity contribution < 1.29 is 14.3 Å². The molecule has 0 saturated carbocycles. The summed E-state index contributed by atoms with van der Waals surface area (Å²) in [5.74, 6) is 1.05. The van der Waals surface area contributed by atoms with Crippen LogP contribution in [0.2, 0.25) is 0 Å². The van der Waals surface area contributed by atoms with Gasteiger partial charge >= 0.3 is 0 Å². The topological polar surface area (TPSA) is 61.5 Å². The summed E-state index contributed by atoms with van der Waals surface area (Å²) in [5.41, 5.74) is 7.29. The number of ether oxygens (including phenoxy) is 2. The van der Waals surface area contributed by atoms with Crippen molar-refractivity contribution in [2.24, 2.45) is 0 Å². The fourth-order valence-electron chi connectivity index (χ4n) is 1.91. The van der Waals surface area contributed by atoms with Gasteiger partial charge in [-0.2, -0.15) is 0 Å². The van der Waals surface area contributed by atoms with Gasteiger partial charge in [-0.15, -0.1) is 0 Å². The molecule has 0 amide bonds. The number of hydrogen-bond acceptors (Lipinski definition) is 4. The summed E-state index contributed by atoms with van der Waals surface area (Å²) >= 11 is 0. The lowest BCUT2D eigenvalue weighted by atomic mass is 10.0. The molecule has 4 nitrogen and oxygen atoms in total. The molecule has 20 heavy (non-hydrogen) atoms. The maximum Gasteiger partial charge on any atom is 0.196 e. The van der Waals surface area contributed by atoms with E-state index < -0.39 is 0 Å². The molecule has 2 aromatic carbocycles. The summed E-state index contributed by atoms with van der Waals surface area (Å²) in [6.45, 7) is 2.44. The Balaban J connectivity index is 2.41. The van der Waals surface area contributed by atoms with E-state index in [1.165, 1.54) is 7.11 Å². The van der Waals surface area contributed by atoms with Crippen LogP contribution in [0.5, 0.6) is 11.5 Å². The highest BCUT2D eigenvalue weighted by Gasteiger charge is 2.15. The Morgan fingerprint density at radius 1 is 1.15 bits per heavy atom. The maximum absolute atomic E-state index is 12.5. The Hall–Kier alpha value is -2.49. The molecule has 0 aliphatic carbocycles. The minimum atomic E-state index is -0.122. The molecule has 0 heterocycles. The van der Waals surface area contributed by atoms with Gasteiger partial charge in [0.05, 0.1) is 19.3 Å². The van der Waals surface area contributed by atoms with E-state index in [0.717, 1.165) is 0 Å². The van der Waals surface area contributed by atoms with E-state index in [2.05, 4.69) is 0 Å². The number of rotatable bonds is 5. The van der Waals surface area contributed by atoms with Crippen LogP contribution in [0.1, 0.15) is 22.8 Å². The van der Waals surface area contributed by atoms with E-state index >= 15 is 0 Å². The molecule has 0 aromatic heterocycles. The molecule has 2 rings (SSSR count). The molecular weight excluding hydrogens is 254 g/mol. The lowest BCUT2D eigenvalue weighted by Crippen LogP contribution is -2.05. The van der Waals surface area contributed by atoms with Crippen molar-refractivity contribution in [1.29, 1.82) is 0 Å². The highest BCUT2D eigenvalue weighted by Crippen LogP contribution is 2.26. The Morgan fingerprint density at radius 2 is 1.85 bits per heavy atom. The van der Waals surface area contributed by atoms with Gasteiger partial charge in [-0.25, -0.2) is 0 Å². The molecule has 2 N–H and O–H groups in total. The molecular formula is C16H17NO3. The van der Waals surface area contributed by atoms with Crippen LogP contribution < -0.4 is 15.2 Å². The van der Waals surface area contributed by atoms with Gasteiger partial charge in [-0.3, -0.25) is 4.79 Å². The van der Waals surface area contributed by atoms with Crippen LogP contribution in [0.3, 0.4) is 0 Å². The fourth-order valence-corrected chi connectivity index (χ4v) is 1.91. The molecule has 0 saturated heterocycles. The molecule has 0 radical (unpaired) electrons. The normalized spacial score (nSPS) is 10.1. The van der Waals surface area contributed by atoms with E-state index in [1.807, 2.05) is 6.92 Å². The van der Waals surface area contributed by atoms with Crippen LogP contribution in [-0.4, -0.2) is 19.5 Å². The Kier molecular flexibility index (Phi) is 4.25. The number of hydrogen-bond donors (Lipinski definition) is 1. The van der Waals surface area contributed by atoms with Gasteiger partial charge in [0.15, 0.2) is 5.78 Å². The number of nitrogens with two attached hydrogens (primary N) is 1.